The van der Waals surface area contributed by atoms with E-state index in [1.165, 1.54) is 19.4 Å². The van der Waals surface area contributed by atoms with Crippen molar-refractivity contribution in [3.63, 3.8) is 0 Å². The van der Waals surface area contributed by atoms with E-state index in [4.69, 9.17) is 4.74 Å². The summed E-state index contributed by atoms with van der Waals surface area (Å²) in [7, 11) is 0. The maximum absolute atomic E-state index is 13.7. The second-order valence-corrected chi connectivity index (χ2v) is 13.2. The Morgan fingerprint density at radius 2 is 1.64 bits per heavy atom. The fourth-order valence-electron chi connectivity index (χ4n) is 6.96. The largest absolute Gasteiger partial charge is 0.508 e. The molecule has 2 aromatic rings. The molecule has 5 rings (SSSR count). The number of phenols is 1. The summed E-state index contributed by atoms with van der Waals surface area (Å²) < 4.78 is 5.01. The first kappa shape index (κ1) is 32.5. The molecule has 0 spiro atoms. The zero-order valence-electron chi connectivity index (χ0n) is 27.0. The Bertz CT molecular complexity index is 1240. The summed E-state index contributed by atoms with van der Waals surface area (Å²) in [6, 6.07) is 16.6. The van der Waals surface area contributed by atoms with Gasteiger partial charge in [0.25, 0.3) is 5.91 Å². The van der Waals surface area contributed by atoms with Gasteiger partial charge < -0.3 is 14.7 Å². The standard InChI is InChI=1S/C36H52N4O4/c1-4-44-34(42)14-6-5-7-17-37-18-20-38(21-19-37)36(43)32-12-8-10-30(22-32)35(31-11-9-13-33(41)23-31)40-25-27(2)39(24-28(40)3)26-29-15-16-29/h8-13,22-23,27-29,35,41H,4-7,14-21,24-26H2,1-3H3/t27-,28-,35?/m1/s1. The second-order valence-electron chi connectivity index (χ2n) is 13.2. The van der Waals surface area contributed by atoms with Crippen molar-refractivity contribution >= 4 is 11.9 Å². The molecule has 3 fully saturated rings. The molecule has 44 heavy (non-hydrogen) atoms. The molecule has 2 heterocycles. The normalized spacial score (nSPS) is 22.6. The summed E-state index contributed by atoms with van der Waals surface area (Å²) in [5.74, 6) is 1.12. The predicted molar refractivity (Wildman–Crippen MR) is 174 cm³/mol. The van der Waals surface area contributed by atoms with Gasteiger partial charge in [0, 0.05) is 69.9 Å². The first-order valence-corrected chi connectivity index (χ1v) is 16.9. The number of benzene rings is 2. The molecule has 0 aromatic heterocycles. The average Bonchev–Trinajstić information content (AvgIpc) is 3.84. The number of piperazine rings is 2. The zero-order chi connectivity index (χ0) is 31.1. The van der Waals surface area contributed by atoms with Gasteiger partial charge in [-0.2, -0.15) is 0 Å². The van der Waals surface area contributed by atoms with Gasteiger partial charge in [-0.1, -0.05) is 30.7 Å². The number of nitrogens with zero attached hydrogens (tertiary/aromatic N) is 4. The Labute approximate surface area is 263 Å². The van der Waals surface area contributed by atoms with E-state index in [1.54, 1.807) is 6.07 Å². The van der Waals surface area contributed by atoms with Crippen LogP contribution in [0.25, 0.3) is 0 Å². The van der Waals surface area contributed by atoms with E-state index < -0.39 is 0 Å². The minimum absolute atomic E-state index is 0.0453. The first-order chi connectivity index (χ1) is 21.3. The van der Waals surface area contributed by atoms with Crippen LogP contribution in [0.4, 0.5) is 0 Å². The molecule has 1 saturated carbocycles. The lowest BCUT2D eigenvalue weighted by Gasteiger charge is -2.48. The third-order valence-corrected chi connectivity index (χ3v) is 9.64. The number of hydrogen-bond donors (Lipinski definition) is 1. The molecule has 0 radical (unpaired) electrons. The highest BCUT2D eigenvalue weighted by Crippen LogP contribution is 2.37. The van der Waals surface area contributed by atoms with E-state index in [0.29, 0.717) is 25.1 Å². The molecule has 3 atom stereocenters. The topological polar surface area (TPSA) is 76.6 Å². The van der Waals surface area contributed by atoms with Crippen molar-refractivity contribution < 1.29 is 19.4 Å². The Morgan fingerprint density at radius 3 is 2.34 bits per heavy atom. The monoisotopic (exact) mass is 604 g/mol. The number of aromatic hydroxyl groups is 1. The van der Waals surface area contributed by atoms with Crippen molar-refractivity contribution in [1.29, 1.82) is 0 Å². The van der Waals surface area contributed by atoms with Gasteiger partial charge in [0.15, 0.2) is 0 Å². The van der Waals surface area contributed by atoms with Gasteiger partial charge in [-0.3, -0.25) is 24.3 Å². The minimum atomic E-state index is -0.104. The molecule has 1 N–H and O–H groups in total. The molecule has 8 heteroatoms. The van der Waals surface area contributed by atoms with Crippen molar-refractivity contribution in [2.45, 2.75) is 77.4 Å². The second kappa shape index (κ2) is 15.4. The molecule has 0 bridgehead atoms. The van der Waals surface area contributed by atoms with Gasteiger partial charge in [-0.05, 0) is 94.3 Å². The van der Waals surface area contributed by atoms with Crippen LogP contribution in [0.3, 0.4) is 0 Å². The van der Waals surface area contributed by atoms with E-state index >= 15 is 0 Å². The number of unbranched alkanes of at least 4 members (excludes halogenated alkanes) is 2. The Hall–Kier alpha value is -2.94. The quantitative estimate of drug-likeness (QED) is 0.250. The van der Waals surface area contributed by atoms with Gasteiger partial charge in [-0.15, -0.1) is 0 Å². The molecule has 2 aromatic carbocycles. The number of carbonyl (C=O) groups excluding carboxylic acids is 2. The van der Waals surface area contributed by atoms with Gasteiger partial charge in [0.1, 0.15) is 5.75 Å². The van der Waals surface area contributed by atoms with E-state index in [-0.39, 0.29) is 23.7 Å². The Balaban J connectivity index is 1.22. The molecule has 3 aliphatic rings. The maximum Gasteiger partial charge on any atom is 0.305 e. The van der Waals surface area contributed by atoms with Crippen molar-refractivity contribution in [3.8, 4) is 5.75 Å². The van der Waals surface area contributed by atoms with Gasteiger partial charge in [-0.25, -0.2) is 0 Å². The van der Waals surface area contributed by atoms with Crippen LogP contribution in [0.2, 0.25) is 0 Å². The lowest BCUT2D eigenvalue weighted by atomic mass is 9.92. The SMILES string of the molecule is CCOC(=O)CCCCCN1CCN(C(=O)c2cccc(C(c3cccc(O)c3)N3C[C@@H](C)N(CC4CC4)C[C@H]3C)c2)CC1. The van der Waals surface area contributed by atoms with Crippen molar-refractivity contribution in [2.75, 3.05) is 59.0 Å². The lowest BCUT2D eigenvalue weighted by molar-refractivity contribution is -0.143. The summed E-state index contributed by atoms with van der Waals surface area (Å²) >= 11 is 0. The smallest absolute Gasteiger partial charge is 0.305 e. The van der Waals surface area contributed by atoms with Crippen molar-refractivity contribution in [2.24, 2.45) is 5.92 Å². The fourth-order valence-corrected chi connectivity index (χ4v) is 6.96. The average molecular weight is 605 g/mol. The van der Waals surface area contributed by atoms with E-state index in [9.17, 15) is 14.7 Å². The van der Waals surface area contributed by atoms with Crippen LogP contribution >= 0.6 is 0 Å². The summed E-state index contributed by atoms with van der Waals surface area (Å²) in [6.45, 7) is 14.3. The molecule has 8 nitrogen and oxygen atoms in total. The van der Waals surface area contributed by atoms with Crippen LogP contribution in [-0.2, 0) is 9.53 Å². The summed E-state index contributed by atoms with van der Waals surface area (Å²) in [6.07, 6.45) is 6.15. The fraction of sp³-hybridized carbons (Fsp3) is 0.611. The molecular formula is C36H52N4O4. The van der Waals surface area contributed by atoms with Crippen LogP contribution < -0.4 is 0 Å². The summed E-state index contributed by atoms with van der Waals surface area (Å²) in [5, 5.41) is 10.4. The molecule has 1 amide bonds. The van der Waals surface area contributed by atoms with E-state index in [0.717, 1.165) is 87.7 Å². The van der Waals surface area contributed by atoms with Crippen LogP contribution in [0.5, 0.6) is 5.75 Å². The summed E-state index contributed by atoms with van der Waals surface area (Å²) in [5.41, 5.74) is 2.88. The van der Waals surface area contributed by atoms with Crippen LogP contribution in [0.1, 0.15) is 86.8 Å². The number of phenolic OH excluding ortho intramolecular Hbond substituents is 1. The maximum atomic E-state index is 13.7. The third-order valence-electron chi connectivity index (χ3n) is 9.64. The number of amides is 1. The zero-order valence-corrected chi connectivity index (χ0v) is 27.0. The predicted octanol–water partition coefficient (Wildman–Crippen LogP) is 5.17. The summed E-state index contributed by atoms with van der Waals surface area (Å²) in [4.78, 5) is 34.9. The number of ether oxygens (including phenoxy) is 1. The third kappa shape index (κ3) is 8.61. The highest BCUT2D eigenvalue weighted by Gasteiger charge is 2.37. The Kier molecular flexibility index (Phi) is 11.3. The van der Waals surface area contributed by atoms with Crippen LogP contribution in [0.15, 0.2) is 48.5 Å². The number of hydrogen-bond acceptors (Lipinski definition) is 7. The van der Waals surface area contributed by atoms with Gasteiger partial charge >= 0.3 is 5.97 Å². The van der Waals surface area contributed by atoms with Gasteiger partial charge in [0.2, 0.25) is 0 Å². The minimum Gasteiger partial charge on any atom is -0.508 e. The Morgan fingerprint density at radius 1 is 0.909 bits per heavy atom. The molecule has 1 unspecified atom stereocenters. The molecule has 2 aliphatic heterocycles. The van der Waals surface area contributed by atoms with Crippen LogP contribution in [-0.4, -0.2) is 108 Å². The number of esters is 1. The number of rotatable bonds is 13. The van der Waals surface area contributed by atoms with E-state index in [1.807, 2.05) is 36.1 Å². The van der Waals surface area contributed by atoms with E-state index in [2.05, 4.69) is 46.7 Å². The van der Waals surface area contributed by atoms with Crippen LogP contribution in [0, 0.1) is 5.92 Å². The van der Waals surface area contributed by atoms with Gasteiger partial charge in [0.05, 0.1) is 12.6 Å². The van der Waals surface area contributed by atoms with Crippen molar-refractivity contribution in [1.82, 2.24) is 19.6 Å². The number of carbonyl (C=O) groups is 2. The first-order valence-electron chi connectivity index (χ1n) is 16.9. The lowest BCUT2D eigenvalue weighted by Crippen LogP contribution is -2.57. The molecule has 2 saturated heterocycles. The molecule has 1 aliphatic carbocycles. The molecular weight excluding hydrogens is 552 g/mol. The molecule has 240 valence electrons. The van der Waals surface area contributed by atoms with Crippen molar-refractivity contribution in [3.05, 3.63) is 65.2 Å². The highest BCUT2D eigenvalue weighted by molar-refractivity contribution is 5.94. The highest BCUT2D eigenvalue weighted by atomic mass is 16.5.